The Bertz CT molecular complexity index is 790. The van der Waals surface area contributed by atoms with Crippen molar-refractivity contribution < 1.29 is 0 Å². The fourth-order valence-electron chi connectivity index (χ4n) is 3.19. The molecule has 4 rings (SSSR count). The van der Waals surface area contributed by atoms with Crippen molar-refractivity contribution in [3.8, 4) is 11.1 Å². The molecule has 0 aliphatic heterocycles. The molecule has 4 heteroatoms. The fourth-order valence-corrected chi connectivity index (χ4v) is 3.32. The van der Waals surface area contributed by atoms with Crippen molar-refractivity contribution in [1.29, 1.82) is 0 Å². The molecular formula is C21H22ClN3. The van der Waals surface area contributed by atoms with E-state index in [2.05, 4.69) is 51.9 Å². The first kappa shape index (κ1) is 16.4. The molecule has 0 spiro atoms. The highest BCUT2D eigenvalue weighted by Gasteiger charge is 2.21. The molecule has 25 heavy (non-hydrogen) atoms. The Labute approximate surface area is 153 Å². The lowest BCUT2D eigenvalue weighted by Crippen LogP contribution is -2.24. The summed E-state index contributed by atoms with van der Waals surface area (Å²) in [6, 6.07) is 17.0. The van der Waals surface area contributed by atoms with E-state index in [1.54, 1.807) is 0 Å². The first-order valence-corrected chi connectivity index (χ1v) is 9.22. The lowest BCUT2D eigenvalue weighted by Gasteiger charge is -2.19. The molecule has 1 fully saturated rings. The smallest absolute Gasteiger partial charge is 0.0565 e. The van der Waals surface area contributed by atoms with E-state index in [9.17, 15) is 0 Å². The number of halogens is 1. The molecule has 3 aromatic rings. The van der Waals surface area contributed by atoms with Gasteiger partial charge < -0.3 is 5.32 Å². The number of aromatic nitrogens is 2. The molecule has 1 saturated carbocycles. The topological polar surface area (TPSA) is 40.7 Å². The van der Waals surface area contributed by atoms with Gasteiger partial charge in [-0.25, -0.2) is 0 Å². The number of rotatable bonds is 7. The van der Waals surface area contributed by atoms with Crippen LogP contribution in [0.5, 0.6) is 0 Å². The highest BCUT2D eigenvalue weighted by atomic mass is 35.5. The van der Waals surface area contributed by atoms with Crippen LogP contribution >= 0.6 is 11.6 Å². The Morgan fingerprint density at radius 1 is 1.00 bits per heavy atom. The number of benzene rings is 2. The Morgan fingerprint density at radius 2 is 1.68 bits per heavy atom. The summed E-state index contributed by atoms with van der Waals surface area (Å²) in [5.74, 6) is 1.21. The van der Waals surface area contributed by atoms with Gasteiger partial charge in [-0.05, 0) is 54.1 Å². The van der Waals surface area contributed by atoms with Crippen LogP contribution in [0.15, 0.2) is 60.9 Å². The van der Waals surface area contributed by atoms with E-state index in [0.29, 0.717) is 5.92 Å². The van der Waals surface area contributed by atoms with Gasteiger partial charge in [0.15, 0.2) is 0 Å². The standard InChI is InChI=1S/C21H22ClN3/c22-20-9-7-18(8-10-20)21(14-23-11-15-1-2-15)17-5-3-16(4-6-17)19-12-24-25-13-19/h3-10,12-13,15,21,23H,1-2,11,14H2,(H,24,25). The molecule has 1 aliphatic carbocycles. The van der Waals surface area contributed by atoms with Crippen molar-refractivity contribution in [2.75, 3.05) is 13.1 Å². The second-order valence-electron chi connectivity index (χ2n) is 6.81. The van der Waals surface area contributed by atoms with Crippen LogP contribution in [-0.2, 0) is 0 Å². The maximum Gasteiger partial charge on any atom is 0.0565 e. The monoisotopic (exact) mass is 351 g/mol. The molecule has 0 amide bonds. The average molecular weight is 352 g/mol. The lowest BCUT2D eigenvalue weighted by molar-refractivity contribution is 0.603. The van der Waals surface area contributed by atoms with Crippen LogP contribution in [0, 0.1) is 5.92 Å². The van der Waals surface area contributed by atoms with E-state index >= 15 is 0 Å². The quantitative estimate of drug-likeness (QED) is 0.638. The number of nitrogens with zero attached hydrogens (tertiary/aromatic N) is 1. The van der Waals surface area contributed by atoms with Crippen molar-refractivity contribution in [2.45, 2.75) is 18.8 Å². The first-order valence-electron chi connectivity index (χ1n) is 8.85. The van der Waals surface area contributed by atoms with Gasteiger partial charge in [0.25, 0.3) is 0 Å². The average Bonchev–Trinajstić information content (AvgIpc) is 3.30. The molecule has 3 nitrogen and oxygen atoms in total. The van der Waals surface area contributed by atoms with Gasteiger partial charge in [-0.3, -0.25) is 5.10 Å². The number of H-pyrrole nitrogens is 1. The van der Waals surface area contributed by atoms with Crippen LogP contribution in [-0.4, -0.2) is 23.3 Å². The van der Waals surface area contributed by atoms with E-state index in [0.717, 1.165) is 29.6 Å². The van der Waals surface area contributed by atoms with Crippen LogP contribution in [0.25, 0.3) is 11.1 Å². The summed E-state index contributed by atoms with van der Waals surface area (Å²) in [6.45, 7) is 2.07. The summed E-state index contributed by atoms with van der Waals surface area (Å²) in [5.41, 5.74) is 4.90. The fraction of sp³-hybridized carbons (Fsp3) is 0.286. The largest absolute Gasteiger partial charge is 0.316 e. The zero-order chi connectivity index (χ0) is 17.1. The molecule has 0 bridgehead atoms. The van der Waals surface area contributed by atoms with E-state index < -0.39 is 0 Å². The summed E-state index contributed by atoms with van der Waals surface area (Å²) in [4.78, 5) is 0. The molecular weight excluding hydrogens is 330 g/mol. The van der Waals surface area contributed by atoms with Crippen molar-refractivity contribution in [1.82, 2.24) is 15.5 Å². The van der Waals surface area contributed by atoms with Crippen molar-refractivity contribution >= 4 is 11.6 Å². The van der Waals surface area contributed by atoms with Crippen LogP contribution in [0.2, 0.25) is 5.02 Å². The molecule has 2 aromatic carbocycles. The number of aromatic amines is 1. The van der Waals surface area contributed by atoms with Gasteiger partial charge in [0.05, 0.1) is 6.20 Å². The molecule has 1 aromatic heterocycles. The summed E-state index contributed by atoms with van der Waals surface area (Å²) in [5, 5.41) is 11.3. The highest BCUT2D eigenvalue weighted by molar-refractivity contribution is 6.30. The van der Waals surface area contributed by atoms with Crippen molar-refractivity contribution in [3.05, 3.63) is 77.1 Å². The van der Waals surface area contributed by atoms with E-state index in [-0.39, 0.29) is 0 Å². The van der Waals surface area contributed by atoms with Crippen LogP contribution in [0.1, 0.15) is 29.9 Å². The Hall–Kier alpha value is -2.10. The lowest BCUT2D eigenvalue weighted by atomic mass is 9.90. The predicted molar refractivity (Wildman–Crippen MR) is 103 cm³/mol. The minimum atomic E-state index is 0.328. The van der Waals surface area contributed by atoms with E-state index in [4.69, 9.17) is 11.6 Å². The van der Waals surface area contributed by atoms with Gasteiger partial charge in [0.2, 0.25) is 0 Å². The third kappa shape index (κ3) is 4.12. The van der Waals surface area contributed by atoms with Gasteiger partial charge in [-0.1, -0.05) is 48.0 Å². The molecule has 2 N–H and O–H groups in total. The van der Waals surface area contributed by atoms with Crippen LogP contribution in [0.3, 0.4) is 0 Å². The summed E-state index contributed by atoms with van der Waals surface area (Å²) < 4.78 is 0. The Balaban J connectivity index is 1.56. The van der Waals surface area contributed by atoms with E-state index in [1.807, 2.05) is 24.5 Å². The van der Waals surface area contributed by atoms with Crippen LogP contribution < -0.4 is 5.32 Å². The number of nitrogens with one attached hydrogen (secondary N) is 2. The summed E-state index contributed by atoms with van der Waals surface area (Å²) >= 11 is 6.07. The second-order valence-corrected chi connectivity index (χ2v) is 7.25. The van der Waals surface area contributed by atoms with Gasteiger partial charge in [-0.2, -0.15) is 5.10 Å². The molecule has 128 valence electrons. The molecule has 1 atom stereocenters. The normalized spacial score (nSPS) is 15.2. The van der Waals surface area contributed by atoms with Gasteiger partial charge in [-0.15, -0.1) is 0 Å². The minimum Gasteiger partial charge on any atom is -0.316 e. The highest BCUT2D eigenvalue weighted by Crippen LogP contribution is 2.30. The Kier molecular flexibility index (Phi) is 4.86. The van der Waals surface area contributed by atoms with Crippen molar-refractivity contribution in [3.63, 3.8) is 0 Å². The first-order chi connectivity index (χ1) is 12.3. The zero-order valence-electron chi connectivity index (χ0n) is 14.1. The van der Waals surface area contributed by atoms with Gasteiger partial charge >= 0.3 is 0 Å². The van der Waals surface area contributed by atoms with E-state index in [1.165, 1.54) is 29.5 Å². The number of hydrogen-bond donors (Lipinski definition) is 2. The maximum atomic E-state index is 6.07. The van der Waals surface area contributed by atoms with Crippen LogP contribution in [0.4, 0.5) is 0 Å². The molecule has 0 saturated heterocycles. The Morgan fingerprint density at radius 3 is 2.28 bits per heavy atom. The third-order valence-corrected chi connectivity index (χ3v) is 5.15. The van der Waals surface area contributed by atoms with Crippen molar-refractivity contribution in [2.24, 2.45) is 5.92 Å². The second kappa shape index (κ2) is 7.42. The maximum absolute atomic E-state index is 6.07. The summed E-state index contributed by atoms with van der Waals surface area (Å²) in [6.07, 6.45) is 6.52. The SMILES string of the molecule is Clc1ccc(C(CNCC2CC2)c2ccc(-c3cn[nH]c3)cc2)cc1. The number of hydrogen-bond acceptors (Lipinski definition) is 2. The minimum absolute atomic E-state index is 0.328. The predicted octanol–water partition coefficient (Wildman–Crippen LogP) is 4.86. The molecule has 1 aliphatic rings. The molecule has 0 radical (unpaired) electrons. The van der Waals surface area contributed by atoms with Gasteiger partial charge in [0.1, 0.15) is 0 Å². The zero-order valence-corrected chi connectivity index (χ0v) is 14.8. The third-order valence-electron chi connectivity index (χ3n) is 4.90. The van der Waals surface area contributed by atoms with Gasteiger partial charge in [0, 0.05) is 29.2 Å². The summed E-state index contributed by atoms with van der Waals surface area (Å²) in [7, 11) is 0. The molecule has 1 unspecified atom stereocenters. The molecule has 1 heterocycles.